The molecule has 80 valence electrons. The van der Waals surface area contributed by atoms with Crippen LogP contribution < -0.4 is 0 Å². The first kappa shape index (κ1) is 11.4. The molecule has 0 N–H and O–H groups in total. The Morgan fingerprint density at radius 3 is 2.64 bits per heavy atom. The number of hydrogen-bond acceptors (Lipinski definition) is 2. The highest BCUT2D eigenvalue weighted by Gasteiger charge is 2.14. The van der Waals surface area contributed by atoms with E-state index in [0.717, 1.165) is 0 Å². The molecule has 0 saturated carbocycles. The zero-order valence-corrected chi connectivity index (χ0v) is 8.80. The van der Waals surface area contributed by atoms with E-state index in [1.165, 1.54) is 10.7 Å². The van der Waals surface area contributed by atoms with E-state index >= 15 is 0 Å². The maximum atomic E-state index is 12.2. The SMILES string of the molecule is CN(C)CCn1nc(C(F)F)cc1Cl. The van der Waals surface area contributed by atoms with Gasteiger partial charge in [0.25, 0.3) is 6.43 Å². The van der Waals surface area contributed by atoms with Crippen LogP contribution >= 0.6 is 11.6 Å². The van der Waals surface area contributed by atoms with Gasteiger partial charge in [0.15, 0.2) is 0 Å². The van der Waals surface area contributed by atoms with Crippen LogP contribution in [0.5, 0.6) is 0 Å². The molecule has 0 aliphatic carbocycles. The summed E-state index contributed by atoms with van der Waals surface area (Å²) < 4.78 is 25.8. The average molecular weight is 224 g/mol. The van der Waals surface area contributed by atoms with E-state index < -0.39 is 6.43 Å². The Bertz CT molecular complexity index is 299. The largest absolute Gasteiger partial charge is 0.308 e. The second kappa shape index (κ2) is 4.70. The lowest BCUT2D eigenvalue weighted by molar-refractivity contribution is 0.145. The van der Waals surface area contributed by atoms with Crippen LogP contribution in [0.1, 0.15) is 12.1 Å². The van der Waals surface area contributed by atoms with E-state index in [0.29, 0.717) is 13.1 Å². The van der Waals surface area contributed by atoms with Crippen molar-refractivity contribution < 1.29 is 8.78 Å². The number of alkyl halides is 2. The van der Waals surface area contributed by atoms with Crippen LogP contribution in [-0.2, 0) is 6.54 Å². The van der Waals surface area contributed by atoms with E-state index in [9.17, 15) is 8.78 Å². The first-order chi connectivity index (χ1) is 6.50. The summed E-state index contributed by atoms with van der Waals surface area (Å²) >= 11 is 5.72. The van der Waals surface area contributed by atoms with Crippen molar-refractivity contribution >= 4 is 11.6 Å². The van der Waals surface area contributed by atoms with Gasteiger partial charge in [0, 0.05) is 12.6 Å². The van der Waals surface area contributed by atoms with Crippen LogP contribution in [0.15, 0.2) is 6.07 Å². The molecule has 0 aliphatic rings. The summed E-state index contributed by atoms with van der Waals surface area (Å²) in [5.41, 5.74) is -0.270. The first-order valence-electron chi connectivity index (χ1n) is 4.17. The van der Waals surface area contributed by atoms with Gasteiger partial charge in [0.05, 0.1) is 6.54 Å². The van der Waals surface area contributed by atoms with Crippen molar-refractivity contribution in [3.8, 4) is 0 Å². The lowest BCUT2D eigenvalue weighted by Crippen LogP contribution is -2.19. The Hall–Kier alpha value is -0.680. The molecule has 0 atom stereocenters. The topological polar surface area (TPSA) is 21.1 Å². The zero-order chi connectivity index (χ0) is 10.7. The van der Waals surface area contributed by atoms with Gasteiger partial charge in [-0.1, -0.05) is 11.6 Å². The maximum absolute atomic E-state index is 12.2. The van der Waals surface area contributed by atoms with E-state index in [1.54, 1.807) is 0 Å². The fourth-order valence-corrected chi connectivity index (χ4v) is 1.20. The van der Waals surface area contributed by atoms with Gasteiger partial charge < -0.3 is 4.90 Å². The van der Waals surface area contributed by atoms with Crippen LogP contribution in [0, 0.1) is 0 Å². The van der Waals surface area contributed by atoms with Crippen molar-refractivity contribution in [3.05, 3.63) is 16.9 Å². The third kappa shape index (κ3) is 2.92. The first-order valence-corrected chi connectivity index (χ1v) is 4.54. The molecule has 6 heteroatoms. The maximum Gasteiger partial charge on any atom is 0.282 e. The second-order valence-electron chi connectivity index (χ2n) is 3.22. The summed E-state index contributed by atoms with van der Waals surface area (Å²) in [5, 5.41) is 3.94. The summed E-state index contributed by atoms with van der Waals surface area (Å²) in [4.78, 5) is 1.93. The Morgan fingerprint density at radius 2 is 2.21 bits per heavy atom. The highest BCUT2D eigenvalue weighted by atomic mass is 35.5. The standard InChI is InChI=1S/C8H12ClF2N3/c1-13(2)3-4-14-7(9)5-6(12-14)8(10)11/h5,8H,3-4H2,1-2H3. The molecule has 0 radical (unpaired) electrons. The number of halogens is 3. The van der Waals surface area contributed by atoms with Gasteiger partial charge in [-0.25, -0.2) is 8.78 Å². The van der Waals surface area contributed by atoms with Gasteiger partial charge in [0.1, 0.15) is 10.8 Å². The predicted octanol–water partition coefficient (Wildman–Crippen LogP) is 2.04. The number of likely N-dealkylation sites (N-methyl/N-ethyl adjacent to an activating group) is 1. The third-order valence-electron chi connectivity index (χ3n) is 1.73. The van der Waals surface area contributed by atoms with Gasteiger partial charge in [0.2, 0.25) is 0 Å². The molecule has 0 saturated heterocycles. The molecule has 14 heavy (non-hydrogen) atoms. The van der Waals surface area contributed by atoms with Crippen LogP contribution in [0.4, 0.5) is 8.78 Å². The number of nitrogens with zero attached hydrogens (tertiary/aromatic N) is 3. The number of hydrogen-bond donors (Lipinski definition) is 0. The Labute approximate surface area is 86.3 Å². The molecule has 0 unspecified atom stereocenters. The van der Waals surface area contributed by atoms with Gasteiger partial charge in [-0.3, -0.25) is 4.68 Å². The molecule has 0 aliphatic heterocycles. The summed E-state index contributed by atoms with van der Waals surface area (Å²) in [7, 11) is 3.79. The highest BCUT2D eigenvalue weighted by molar-refractivity contribution is 6.29. The van der Waals surface area contributed by atoms with Gasteiger partial charge in [-0.2, -0.15) is 5.10 Å². The predicted molar refractivity (Wildman–Crippen MR) is 50.7 cm³/mol. The second-order valence-corrected chi connectivity index (χ2v) is 3.61. The lowest BCUT2D eigenvalue weighted by atomic mass is 10.5. The van der Waals surface area contributed by atoms with Crippen molar-refractivity contribution in [2.45, 2.75) is 13.0 Å². The molecule has 3 nitrogen and oxygen atoms in total. The monoisotopic (exact) mass is 223 g/mol. The Morgan fingerprint density at radius 1 is 1.57 bits per heavy atom. The molecule has 1 rings (SSSR count). The lowest BCUT2D eigenvalue weighted by Gasteiger charge is -2.09. The van der Waals surface area contributed by atoms with Crippen molar-refractivity contribution in [2.24, 2.45) is 0 Å². The highest BCUT2D eigenvalue weighted by Crippen LogP contribution is 2.20. The van der Waals surface area contributed by atoms with Crippen molar-refractivity contribution in [3.63, 3.8) is 0 Å². The fourth-order valence-electron chi connectivity index (χ4n) is 0.971. The average Bonchev–Trinajstić information content (AvgIpc) is 2.43. The molecule has 1 heterocycles. The molecule has 0 bridgehead atoms. The van der Waals surface area contributed by atoms with Gasteiger partial charge in [-0.05, 0) is 14.1 Å². The molecular formula is C8H12ClF2N3. The van der Waals surface area contributed by atoms with Crippen LogP contribution in [0.3, 0.4) is 0 Å². The van der Waals surface area contributed by atoms with Crippen LogP contribution in [0.2, 0.25) is 5.15 Å². The molecule has 0 fully saturated rings. The Balaban J connectivity index is 2.67. The smallest absolute Gasteiger partial charge is 0.282 e. The summed E-state index contributed by atoms with van der Waals surface area (Å²) in [6.45, 7) is 1.22. The molecule has 0 spiro atoms. The Kier molecular flexibility index (Phi) is 3.83. The minimum atomic E-state index is -2.56. The van der Waals surface area contributed by atoms with E-state index in [4.69, 9.17) is 11.6 Å². The minimum absolute atomic E-state index is 0.252. The van der Waals surface area contributed by atoms with Gasteiger partial charge >= 0.3 is 0 Å². The quantitative estimate of drug-likeness (QED) is 0.779. The molecule has 0 aromatic carbocycles. The third-order valence-corrected chi connectivity index (χ3v) is 2.04. The van der Waals surface area contributed by atoms with E-state index in [-0.39, 0.29) is 10.8 Å². The van der Waals surface area contributed by atoms with Gasteiger partial charge in [-0.15, -0.1) is 0 Å². The summed E-state index contributed by atoms with van der Waals surface area (Å²) in [5.74, 6) is 0. The minimum Gasteiger partial charge on any atom is -0.308 e. The molecule has 0 amide bonds. The van der Waals surface area contributed by atoms with E-state index in [2.05, 4.69) is 5.10 Å². The summed E-state index contributed by atoms with van der Waals surface area (Å²) in [6.07, 6.45) is -2.56. The summed E-state index contributed by atoms with van der Waals surface area (Å²) in [6, 6.07) is 1.20. The van der Waals surface area contributed by atoms with Crippen molar-refractivity contribution in [1.29, 1.82) is 0 Å². The van der Waals surface area contributed by atoms with Crippen molar-refractivity contribution in [1.82, 2.24) is 14.7 Å². The van der Waals surface area contributed by atoms with Crippen LogP contribution in [0.25, 0.3) is 0 Å². The van der Waals surface area contributed by atoms with E-state index in [1.807, 2.05) is 19.0 Å². The number of rotatable bonds is 4. The molecule has 1 aromatic rings. The fraction of sp³-hybridized carbons (Fsp3) is 0.625. The normalized spacial score (nSPS) is 11.6. The van der Waals surface area contributed by atoms with Crippen molar-refractivity contribution in [2.75, 3.05) is 20.6 Å². The molecular weight excluding hydrogens is 212 g/mol. The zero-order valence-electron chi connectivity index (χ0n) is 8.04. The molecule has 1 aromatic heterocycles. The number of aromatic nitrogens is 2. The van der Waals surface area contributed by atoms with Crippen LogP contribution in [-0.4, -0.2) is 35.3 Å².